The van der Waals surface area contributed by atoms with Crippen LogP contribution in [0.1, 0.15) is 58.8 Å². The van der Waals surface area contributed by atoms with Crippen LogP contribution < -0.4 is 38.9 Å². The van der Waals surface area contributed by atoms with Gasteiger partial charge in [0.2, 0.25) is 29.5 Å². The Balaban J connectivity index is 5.42. The van der Waals surface area contributed by atoms with E-state index in [1.54, 1.807) is 13.8 Å². The Morgan fingerprint density at radius 1 is 0.743 bits per heavy atom. The summed E-state index contributed by atoms with van der Waals surface area (Å²) in [5.41, 5.74) is 21.4. The van der Waals surface area contributed by atoms with Gasteiger partial charge in [-0.2, -0.15) is 0 Å². The number of nitrogens with two attached hydrogens (primary N) is 4. The van der Waals surface area contributed by atoms with E-state index in [0.29, 0.717) is 19.4 Å². The van der Waals surface area contributed by atoms with Crippen molar-refractivity contribution in [2.24, 2.45) is 28.9 Å². The van der Waals surface area contributed by atoms with Gasteiger partial charge in [-0.15, -0.1) is 0 Å². The first-order valence-corrected chi connectivity index (χ1v) is 11.5. The fourth-order valence-corrected chi connectivity index (χ4v) is 3.06. The third kappa shape index (κ3) is 13.3. The van der Waals surface area contributed by atoms with Crippen LogP contribution in [0.25, 0.3) is 0 Å². The summed E-state index contributed by atoms with van der Waals surface area (Å²) >= 11 is 0. The van der Waals surface area contributed by atoms with Crippen molar-refractivity contribution >= 4 is 35.5 Å². The maximum Gasteiger partial charge on any atom is 0.326 e. The van der Waals surface area contributed by atoms with Crippen LogP contribution in [-0.2, 0) is 28.8 Å². The predicted molar refractivity (Wildman–Crippen MR) is 126 cm³/mol. The molecule has 0 aliphatic rings. The Morgan fingerprint density at radius 2 is 1.29 bits per heavy atom. The molecule has 0 saturated heterocycles. The summed E-state index contributed by atoms with van der Waals surface area (Å²) in [6.07, 6.45) is 0.643. The van der Waals surface area contributed by atoms with Crippen LogP contribution in [0, 0.1) is 5.92 Å². The van der Waals surface area contributed by atoms with E-state index in [0.717, 1.165) is 0 Å². The van der Waals surface area contributed by atoms with Crippen molar-refractivity contribution in [3.8, 4) is 0 Å². The lowest BCUT2D eigenvalue weighted by atomic mass is 10.0. The molecule has 0 radical (unpaired) electrons. The molecule has 4 atom stereocenters. The molecule has 0 aliphatic heterocycles. The number of amides is 5. The molecule has 12 N–H and O–H groups in total. The molecule has 0 heterocycles. The van der Waals surface area contributed by atoms with Gasteiger partial charge in [-0.3, -0.25) is 24.0 Å². The number of nitrogens with one attached hydrogen (secondary N) is 3. The zero-order chi connectivity index (χ0) is 27.1. The van der Waals surface area contributed by atoms with Gasteiger partial charge in [0.05, 0.1) is 6.04 Å². The van der Waals surface area contributed by atoms with Gasteiger partial charge in [-0.1, -0.05) is 13.8 Å². The highest BCUT2D eigenvalue weighted by atomic mass is 16.4. The molecule has 0 saturated carbocycles. The Kier molecular flexibility index (Phi) is 14.9. The summed E-state index contributed by atoms with van der Waals surface area (Å²) in [7, 11) is 0. The lowest BCUT2D eigenvalue weighted by Gasteiger charge is -2.27. The van der Waals surface area contributed by atoms with E-state index in [4.69, 9.17) is 22.9 Å². The van der Waals surface area contributed by atoms with Gasteiger partial charge in [0.25, 0.3) is 0 Å². The molecule has 4 unspecified atom stereocenters. The standard InChI is InChI=1S/C21H39N7O7/c1-11(2)17(20(33)27-14(21(34)35)5-3-4-10-22)28-19(32)13(7-9-16(25)30)26-18(31)12(23)6-8-15(24)29/h11-14,17H,3-10,22-23H2,1-2H3,(H2,24,29)(H2,25,30)(H,26,31)(H,27,33)(H,28,32)(H,34,35). The van der Waals surface area contributed by atoms with Crippen LogP contribution in [0.2, 0.25) is 0 Å². The third-order valence-electron chi connectivity index (χ3n) is 5.16. The average Bonchev–Trinajstić information content (AvgIpc) is 2.76. The zero-order valence-electron chi connectivity index (χ0n) is 20.2. The lowest BCUT2D eigenvalue weighted by Crippen LogP contribution is -2.58. The number of carboxylic acids is 1. The van der Waals surface area contributed by atoms with E-state index in [2.05, 4.69) is 16.0 Å². The maximum atomic E-state index is 12.9. The Hall–Kier alpha value is -3.26. The third-order valence-corrected chi connectivity index (χ3v) is 5.16. The summed E-state index contributed by atoms with van der Waals surface area (Å²) in [5, 5.41) is 16.7. The number of carbonyl (C=O) groups is 6. The highest BCUT2D eigenvalue weighted by Crippen LogP contribution is 2.08. The number of carboxylic acid groups (broad SMARTS) is 1. The molecular weight excluding hydrogens is 462 g/mol. The molecule has 0 fully saturated rings. The van der Waals surface area contributed by atoms with Crippen LogP contribution in [0.4, 0.5) is 0 Å². The summed E-state index contributed by atoms with van der Waals surface area (Å²) in [6, 6.07) is -4.69. The minimum Gasteiger partial charge on any atom is -0.480 e. The molecule has 14 heteroatoms. The average molecular weight is 502 g/mol. The van der Waals surface area contributed by atoms with E-state index < -0.39 is 65.6 Å². The van der Waals surface area contributed by atoms with Crippen LogP contribution in [0.3, 0.4) is 0 Å². The predicted octanol–water partition coefficient (Wildman–Crippen LogP) is -2.83. The molecule has 0 aliphatic carbocycles. The molecule has 5 amide bonds. The van der Waals surface area contributed by atoms with Crippen LogP contribution in [0.5, 0.6) is 0 Å². The Labute approximate surface area is 204 Å². The molecule has 0 aromatic rings. The van der Waals surface area contributed by atoms with Gasteiger partial charge in [-0.25, -0.2) is 4.79 Å². The molecular formula is C21H39N7O7. The first-order chi connectivity index (χ1) is 16.3. The van der Waals surface area contributed by atoms with Crippen molar-refractivity contribution in [3.05, 3.63) is 0 Å². The summed E-state index contributed by atoms with van der Waals surface area (Å²) in [5.74, 6) is -5.28. The molecule has 14 nitrogen and oxygen atoms in total. The number of unbranched alkanes of at least 4 members (excludes halogenated alkanes) is 1. The largest absolute Gasteiger partial charge is 0.480 e. The van der Waals surface area contributed by atoms with Crippen LogP contribution >= 0.6 is 0 Å². The normalized spacial score (nSPS) is 14.3. The first kappa shape index (κ1) is 31.7. The summed E-state index contributed by atoms with van der Waals surface area (Å²) in [4.78, 5) is 71.8. The van der Waals surface area contributed by atoms with Gasteiger partial charge in [0.15, 0.2) is 0 Å². The molecule has 0 aromatic carbocycles. The monoisotopic (exact) mass is 501 g/mol. The molecule has 35 heavy (non-hydrogen) atoms. The maximum absolute atomic E-state index is 12.9. The minimum atomic E-state index is -1.26. The molecule has 200 valence electrons. The second kappa shape index (κ2) is 16.4. The molecule has 0 spiro atoms. The second-order valence-electron chi connectivity index (χ2n) is 8.59. The van der Waals surface area contributed by atoms with Crippen LogP contribution in [-0.4, -0.2) is 71.3 Å². The van der Waals surface area contributed by atoms with Crippen molar-refractivity contribution in [1.82, 2.24) is 16.0 Å². The number of aliphatic carboxylic acids is 1. The van der Waals surface area contributed by atoms with E-state index in [9.17, 15) is 33.9 Å². The zero-order valence-corrected chi connectivity index (χ0v) is 20.2. The van der Waals surface area contributed by atoms with Crippen molar-refractivity contribution in [1.29, 1.82) is 0 Å². The number of hydrogen-bond acceptors (Lipinski definition) is 8. The number of hydrogen-bond donors (Lipinski definition) is 8. The fourth-order valence-electron chi connectivity index (χ4n) is 3.06. The molecule has 0 aromatic heterocycles. The van der Waals surface area contributed by atoms with Gasteiger partial charge < -0.3 is 44.0 Å². The summed E-state index contributed by atoms with van der Waals surface area (Å²) in [6.45, 7) is 3.67. The number of carbonyl (C=O) groups excluding carboxylic acids is 5. The van der Waals surface area contributed by atoms with Gasteiger partial charge in [-0.05, 0) is 44.6 Å². The van der Waals surface area contributed by atoms with E-state index in [1.807, 2.05) is 0 Å². The Bertz CT molecular complexity index is 760. The molecule has 0 bridgehead atoms. The lowest BCUT2D eigenvalue weighted by molar-refractivity contribution is -0.143. The highest BCUT2D eigenvalue weighted by molar-refractivity contribution is 5.94. The smallest absolute Gasteiger partial charge is 0.326 e. The second-order valence-corrected chi connectivity index (χ2v) is 8.59. The summed E-state index contributed by atoms with van der Waals surface area (Å²) < 4.78 is 0. The topological polar surface area (TPSA) is 263 Å². The van der Waals surface area contributed by atoms with Crippen molar-refractivity contribution in [2.75, 3.05) is 6.54 Å². The van der Waals surface area contributed by atoms with Crippen molar-refractivity contribution < 1.29 is 33.9 Å². The first-order valence-electron chi connectivity index (χ1n) is 11.5. The van der Waals surface area contributed by atoms with Gasteiger partial charge in [0, 0.05) is 12.8 Å². The molecule has 0 rings (SSSR count). The minimum absolute atomic E-state index is 0.0525. The van der Waals surface area contributed by atoms with E-state index in [-0.39, 0.29) is 32.1 Å². The SMILES string of the molecule is CC(C)C(NC(=O)C(CCC(N)=O)NC(=O)C(N)CCC(N)=O)C(=O)NC(CCCCN)C(=O)O. The van der Waals surface area contributed by atoms with Crippen molar-refractivity contribution in [2.45, 2.75) is 83.0 Å². The van der Waals surface area contributed by atoms with E-state index in [1.165, 1.54) is 0 Å². The van der Waals surface area contributed by atoms with Gasteiger partial charge >= 0.3 is 5.97 Å². The highest BCUT2D eigenvalue weighted by Gasteiger charge is 2.32. The van der Waals surface area contributed by atoms with Gasteiger partial charge in [0.1, 0.15) is 18.1 Å². The van der Waals surface area contributed by atoms with Crippen molar-refractivity contribution in [3.63, 3.8) is 0 Å². The number of rotatable bonds is 18. The quantitative estimate of drug-likeness (QED) is 0.0898. The number of primary amides is 2. The van der Waals surface area contributed by atoms with Crippen LogP contribution in [0.15, 0.2) is 0 Å². The van der Waals surface area contributed by atoms with E-state index >= 15 is 0 Å². The Morgan fingerprint density at radius 3 is 1.77 bits per heavy atom. The fraction of sp³-hybridized carbons (Fsp3) is 0.714.